The van der Waals surface area contributed by atoms with Crippen molar-refractivity contribution in [2.45, 2.75) is 6.29 Å². The van der Waals surface area contributed by atoms with E-state index in [1.54, 1.807) is 12.1 Å². The van der Waals surface area contributed by atoms with Gasteiger partial charge in [0, 0.05) is 11.8 Å². The molecule has 0 aliphatic rings. The van der Waals surface area contributed by atoms with Crippen molar-refractivity contribution in [1.82, 2.24) is 0 Å². The van der Waals surface area contributed by atoms with Crippen molar-refractivity contribution in [3.63, 3.8) is 0 Å². The van der Waals surface area contributed by atoms with Crippen molar-refractivity contribution >= 4 is 11.5 Å². The molecule has 2 rings (SSSR count). The molecular weight excluding hydrogens is 274 g/mol. The van der Waals surface area contributed by atoms with Crippen LogP contribution in [0.4, 0.5) is 5.69 Å². The number of ketones is 1. The van der Waals surface area contributed by atoms with Crippen LogP contribution in [0.15, 0.2) is 42.5 Å². The first-order valence-electron chi connectivity index (χ1n) is 6.24. The van der Waals surface area contributed by atoms with Gasteiger partial charge in [0.25, 0.3) is 0 Å². The van der Waals surface area contributed by atoms with Gasteiger partial charge in [0.15, 0.2) is 12.1 Å². The van der Waals surface area contributed by atoms with E-state index in [4.69, 9.17) is 10.2 Å². The second-order valence-electron chi connectivity index (χ2n) is 4.44. The number of aliphatic hydroxyl groups excluding tert-OH is 1. The number of carbonyl (C=O) groups excluding carboxylic acids is 1. The van der Waals surface area contributed by atoms with Gasteiger partial charge in [0.05, 0.1) is 17.7 Å². The predicted octanol–water partition coefficient (Wildman–Crippen LogP) is 1.05. The smallest absolute Gasteiger partial charge is 0.200 e. The van der Waals surface area contributed by atoms with Gasteiger partial charge in [-0.15, -0.1) is 0 Å². The lowest BCUT2D eigenvalue weighted by Crippen LogP contribution is -2.18. The summed E-state index contributed by atoms with van der Waals surface area (Å²) in [5.41, 5.74) is 0.584. The van der Waals surface area contributed by atoms with Crippen molar-refractivity contribution < 1.29 is 25.2 Å². The lowest BCUT2D eigenvalue weighted by molar-refractivity contribution is -0.0275. The summed E-state index contributed by atoms with van der Waals surface area (Å²) in [5.74, 6) is -0.924. The molecule has 0 aliphatic carbocycles. The third-order valence-corrected chi connectivity index (χ3v) is 2.88. The first-order chi connectivity index (χ1) is 9.99. The molecule has 2 aromatic rings. The number of aliphatic hydroxyl groups is 2. The average molecular weight is 289 g/mol. The molecule has 0 atom stereocenters. The van der Waals surface area contributed by atoms with Crippen molar-refractivity contribution in [2.24, 2.45) is 0 Å². The lowest BCUT2D eigenvalue weighted by Gasteiger charge is -2.10. The Morgan fingerprint density at radius 1 is 1.00 bits per heavy atom. The van der Waals surface area contributed by atoms with Crippen molar-refractivity contribution in [1.29, 1.82) is 0 Å². The molecule has 6 nitrogen and oxygen atoms in total. The minimum absolute atomic E-state index is 0.0478. The molecule has 0 fully saturated rings. The fourth-order valence-corrected chi connectivity index (χ4v) is 1.85. The standard InChI is InChI=1S/C15H15NO5/c17-12-4-2-1-3-10(12)15(21)11-6-5-9(7-13(11)18)16-8-14(19)20/h1-7,14,16-20H,8H2. The highest BCUT2D eigenvalue weighted by Crippen LogP contribution is 2.27. The summed E-state index contributed by atoms with van der Waals surface area (Å²) in [7, 11) is 0. The molecule has 0 amide bonds. The van der Waals surface area contributed by atoms with E-state index < -0.39 is 12.1 Å². The maximum atomic E-state index is 12.2. The van der Waals surface area contributed by atoms with E-state index in [2.05, 4.69) is 5.32 Å². The van der Waals surface area contributed by atoms with E-state index >= 15 is 0 Å². The van der Waals surface area contributed by atoms with E-state index in [9.17, 15) is 15.0 Å². The number of benzene rings is 2. The molecule has 0 bridgehead atoms. The van der Waals surface area contributed by atoms with Crippen LogP contribution in [-0.2, 0) is 0 Å². The minimum atomic E-state index is -1.52. The van der Waals surface area contributed by atoms with Gasteiger partial charge in [0.1, 0.15) is 11.5 Å². The van der Waals surface area contributed by atoms with Crippen LogP contribution >= 0.6 is 0 Å². The Kier molecular flexibility index (Phi) is 4.42. The molecule has 6 heteroatoms. The highest BCUT2D eigenvalue weighted by molar-refractivity contribution is 6.12. The number of rotatable bonds is 5. The van der Waals surface area contributed by atoms with Crippen LogP contribution in [0.2, 0.25) is 0 Å². The molecule has 5 N–H and O–H groups in total. The third kappa shape index (κ3) is 3.50. The van der Waals surface area contributed by atoms with Gasteiger partial charge in [-0.25, -0.2) is 0 Å². The van der Waals surface area contributed by atoms with E-state index in [1.807, 2.05) is 0 Å². The van der Waals surface area contributed by atoms with Crippen LogP contribution < -0.4 is 5.32 Å². The van der Waals surface area contributed by atoms with Crippen molar-refractivity contribution in [3.05, 3.63) is 53.6 Å². The number of nitrogens with one attached hydrogen (secondary N) is 1. The Labute approximate surface area is 120 Å². The summed E-state index contributed by atoms with van der Waals surface area (Å²) < 4.78 is 0. The van der Waals surface area contributed by atoms with Crippen LogP contribution in [-0.4, -0.2) is 39.0 Å². The minimum Gasteiger partial charge on any atom is -0.507 e. The zero-order chi connectivity index (χ0) is 15.4. The van der Waals surface area contributed by atoms with Gasteiger partial charge in [-0.05, 0) is 24.3 Å². The highest BCUT2D eigenvalue weighted by Gasteiger charge is 2.16. The molecule has 0 aliphatic heterocycles. The fourth-order valence-electron chi connectivity index (χ4n) is 1.85. The average Bonchev–Trinajstić information content (AvgIpc) is 2.45. The summed E-state index contributed by atoms with van der Waals surface area (Å²) in [4.78, 5) is 12.2. The number of phenolic OH excluding ortho intramolecular Hbond substituents is 2. The number of phenols is 2. The van der Waals surface area contributed by atoms with Crippen LogP contribution in [0.5, 0.6) is 11.5 Å². The van der Waals surface area contributed by atoms with Gasteiger partial charge >= 0.3 is 0 Å². The number of para-hydroxylation sites is 1. The highest BCUT2D eigenvalue weighted by atomic mass is 16.5. The molecule has 0 saturated heterocycles. The fraction of sp³-hybridized carbons (Fsp3) is 0.133. The Bertz CT molecular complexity index is 654. The Hall–Kier alpha value is -2.57. The van der Waals surface area contributed by atoms with Crippen LogP contribution in [0.3, 0.4) is 0 Å². The molecule has 0 saturated carbocycles. The quantitative estimate of drug-likeness (QED) is 0.416. The largest absolute Gasteiger partial charge is 0.507 e. The second-order valence-corrected chi connectivity index (χ2v) is 4.44. The maximum Gasteiger partial charge on any atom is 0.200 e. The Morgan fingerprint density at radius 3 is 2.29 bits per heavy atom. The molecule has 0 aromatic heterocycles. The van der Waals surface area contributed by atoms with E-state index in [0.29, 0.717) is 5.69 Å². The van der Waals surface area contributed by atoms with E-state index in [1.165, 1.54) is 30.3 Å². The molecule has 0 spiro atoms. The maximum absolute atomic E-state index is 12.2. The molecule has 21 heavy (non-hydrogen) atoms. The van der Waals surface area contributed by atoms with Crippen molar-refractivity contribution in [3.8, 4) is 11.5 Å². The number of aromatic hydroxyl groups is 2. The SMILES string of the molecule is O=C(c1ccccc1O)c1ccc(NCC(O)O)cc1O. The van der Waals surface area contributed by atoms with Crippen LogP contribution in [0.25, 0.3) is 0 Å². The zero-order valence-electron chi connectivity index (χ0n) is 11.0. The molecular formula is C15H15NO5. The molecule has 0 heterocycles. The van der Waals surface area contributed by atoms with Crippen LogP contribution in [0.1, 0.15) is 15.9 Å². The third-order valence-electron chi connectivity index (χ3n) is 2.88. The number of hydrogen-bond acceptors (Lipinski definition) is 6. The van der Waals surface area contributed by atoms with Crippen LogP contribution in [0, 0.1) is 0 Å². The first-order valence-corrected chi connectivity index (χ1v) is 6.24. The zero-order valence-corrected chi connectivity index (χ0v) is 11.0. The van der Waals surface area contributed by atoms with Crippen molar-refractivity contribution in [2.75, 3.05) is 11.9 Å². The summed E-state index contributed by atoms with van der Waals surface area (Å²) in [6.07, 6.45) is -1.52. The monoisotopic (exact) mass is 289 g/mol. The van der Waals surface area contributed by atoms with E-state index in [0.717, 1.165) is 0 Å². The Balaban J connectivity index is 2.25. The van der Waals surface area contributed by atoms with E-state index in [-0.39, 0.29) is 29.2 Å². The first kappa shape index (κ1) is 14.8. The number of hydrogen-bond donors (Lipinski definition) is 5. The number of carbonyl (C=O) groups is 1. The molecule has 0 radical (unpaired) electrons. The van der Waals surface area contributed by atoms with Gasteiger partial charge in [0.2, 0.25) is 0 Å². The summed E-state index contributed by atoms with van der Waals surface area (Å²) >= 11 is 0. The normalized spacial score (nSPS) is 10.6. The summed E-state index contributed by atoms with van der Waals surface area (Å²) in [5, 5.41) is 39.8. The molecule has 0 unspecified atom stereocenters. The van der Waals surface area contributed by atoms with Gasteiger partial charge in [-0.1, -0.05) is 12.1 Å². The molecule has 110 valence electrons. The van der Waals surface area contributed by atoms with Gasteiger partial charge < -0.3 is 25.7 Å². The summed E-state index contributed by atoms with van der Waals surface area (Å²) in [6.45, 7) is -0.105. The predicted molar refractivity (Wildman–Crippen MR) is 76.4 cm³/mol. The second kappa shape index (κ2) is 6.25. The van der Waals surface area contributed by atoms with Gasteiger partial charge in [-0.2, -0.15) is 0 Å². The topological polar surface area (TPSA) is 110 Å². The Morgan fingerprint density at radius 2 is 1.67 bits per heavy atom. The summed E-state index contributed by atoms with van der Waals surface area (Å²) in [6, 6.07) is 10.3. The number of anilines is 1. The lowest BCUT2D eigenvalue weighted by atomic mass is 10.0. The molecule has 2 aromatic carbocycles. The van der Waals surface area contributed by atoms with Gasteiger partial charge in [-0.3, -0.25) is 4.79 Å².